The fraction of sp³-hybridized carbons (Fsp3) is 0.235. The van der Waals surface area contributed by atoms with Crippen molar-refractivity contribution in [2.75, 3.05) is 12.4 Å². The van der Waals surface area contributed by atoms with Crippen molar-refractivity contribution in [3.8, 4) is 11.5 Å². The highest BCUT2D eigenvalue weighted by Gasteiger charge is 2.14. The van der Waals surface area contributed by atoms with Crippen LogP contribution in [0, 0.1) is 0 Å². The molecule has 1 amide bonds. The Morgan fingerprint density at radius 1 is 1.30 bits per heavy atom. The second-order valence-corrected chi connectivity index (χ2v) is 5.37. The average Bonchev–Trinajstić information content (AvgIpc) is 2.56. The summed E-state index contributed by atoms with van der Waals surface area (Å²) in [6.45, 7) is 1.96. The molecule has 0 aliphatic heterocycles. The molecule has 0 spiro atoms. The van der Waals surface area contributed by atoms with Crippen LogP contribution in [-0.4, -0.2) is 24.2 Å². The number of halogens is 1. The smallest absolute Gasteiger partial charge is 0.253 e. The van der Waals surface area contributed by atoms with Crippen LogP contribution in [-0.2, 0) is 16.1 Å². The van der Waals surface area contributed by atoms with Gasteiger partial charge in [-0.25, -0.2) is 0 Å². The van der Waals surface area contributed by atoms with Crippen LogP contribution in [0.25, 0.3) is 0 Å². The topological polar surface area (TPSA) is 67.8 Å². The van der Waals surface area contributed by atoms with Gasteiger partial charge in [-0.1, -0.05) is 23.7 Å². The fourth-order valence-electron chi connectivity index (χ4n) is 1.89. The third-order valence-electron chi connectivity index (χ3n) is 3.22. The number of phenolic OH excluding ortho intramolecular Hbond substituents is 1. The third-order valence-corrected chi connectivity index (χ3v) is 3.52. The standard InChI is InChI=1S/C17H18ClNO4/c1-11(23-10-12-4-3-5-14(8-12)22-2)17(21)19-13-6-7-16(20)15(18)9-13/h3-9,11,20H,10H2,1-2H3,(H,19,21)/t11-/m1/s1. The summed E-state index contributed by atoms with van der Waals surface area (Å²) >= 11 is 5.80. The molecule has 2 aromatic rings. The maximum absolute atomic E-state index is 12.1. The Morgan fingerprint density at radius 3 is 2.78 bits per heavy atom. The van der Waals surface area contributed by atoms with Crippen molar-refractivity contribution in [2.24, 2.45) is 0 Å². The van der Waals surface area contributed by atoms with Crippen LogP contribution in [0.15, 0.2) is 42.5 Å². The normalized spacial score (nSPS) is 11.8. The molecule has 0 heterocycles. The lowest BCUT2D eigenvalue weighted by Gasteiger charge is -2.14. The van der Waals surface area contributed by atoms with Gasteiger partial charge in [0.05, 0.1) is 18.7 Å². The van der Waals surface area contributed by atoms with Crippen molar-refractivity contribution >= 4 is 23.2 Å². The van der Waals surface area contributed by atoms with E-state index in [1.54, 1.807) is 20.1 Å². The number of hydrogen-bond donors (Lipinski definition) is 2. The molecule has 0 aliphatic rings. The number of phenols is 1. The zero-order valence-corrected chi connectivity index (χ0v) is 13.6. The molecular formula is C17H18ClNO4. The quantitative estimate of drug-likeness (QED) is 0.791. The van der Waals surface area contributed by atoms with Crippen LogP contribution in [0.3, 0.4) is 0 Å². The Kier molecular flexibility index (Phi) is 5.84. The van der Waals surface area contributed by atoms with E-state index >= 15 is 0 Å². The number of carbonyl (C=O) groups is 1. The number of methoxy groups -OCH3 is 1. The minimum absolute atomic E-state index is 0.0352. The van der Waals surface area contributed by atoms with E-state index in [-0.39, 0.29) is 16.7 Å². The second kappa shape index (κ2) is 7.85. The summed E-state index contributed by atoms with van der Waals surface area (Å²) in [4.78, 5) is 12.1. The van der Waals surface area contributed by atoms with Gasteiger partial charge in [-0.2, -0.15) is 0 Å². The average molecular weight is 336 g/mol. The number of benzene rings is 2. The summed E-state index contributed by atoms with van der Waals surface area (Å²) in [5.74, 6) is 0.406. The molecule has 5 nitrogen and oxygen atoms in total. The van der Waals surface area contributed by atoms with Crippen LogP contribution in [0.4, 0.5) is 5.69 Å². The Balaban J connectivity index is 1.90. The summed E-state index contributed by atoms with van der Waals surface area (Å²) in [6, 6.07) is 11.9. The van der Waals surface area contributed by atoms with E-state index in [9.17, 15) is 9.90 Å². The number of rotatable bonds is 6. The lowest BCUT2D eigenvalue weighted by Crippen LogP contribution is -2.27. The van der Waals surface area contributed by atoms with Gasteiger partial charge in [0.2, 0.25) is 0 Å². The van der Waals surface area contributed by atoms with E-state index in [4.69, 9.17) is 21.1 Å². The first-order valence-corrected chi connectivity index (χ1v) is 7.41. The van der Waals surface area contributed by atoms with Crippen LogP contribution in [0.2, 0.25) is 5.02 Å². The van der Waals surface area contributed by atoms with Crippen LogP contribution >= 0.6 is 11.6 Å². The number of aromatic hydroxyl groups is 1. The van der Waals surface area contributed by atoms with E-state index in [1.165, 1.54) is 12.1 Å². The Bertz CT molecular complexity index is 690. The Labute approximate surface area is 139 Å². The molecule has 0 unspecified atom stereocenters. The second-order valence-electron chi connectivity index (χ2n) is 4.96. The molecule has 0 aliphatic carbocycles. The zero-order valence-electron chi connectivity index (χ0n) is 12.9. The molecule has 2 aromatic carbocycles. The van der Waals surface area contributed by atoms with Gasteiger partial charge in [-0.15, -0.1) is 0 Å². The molecule has 0 saturated carbocycles. The van der Waals surface area contributed by atoms with Crippen LogP contribution < -0.4 is 10.1 Å². The summed E-state index contributed by atoms with van der Waals surface area (Å²) in [5, 5.41) is 12.2. The zero-order chi connectivity index (χ0) is 16.8. The number of carbonyl (C=O) groups excluding carboxylic acids is 1. The van der Waals surface area contributed by atoms with Gasteiger partial charge < -0.3 is 19.9 Å². The molecule has 23 heavy (non-hydrogen) atoms. The lowest BCUT2D eigenvalue weighted by atomic mass is 10.2. The first-order valence-electron chi connectivity index (χ1n) is 7.03. The molecule has 0 bridgehead atoms. The van der Waals surface area contributed by atoms with Gasteiger partial charge in [-0.3, -0.25) is 4.79 Å². The Hall–Kier alpha value is -2.24. The van der Waals surface area contributed by atoms with Crippen molar-refractivity contribution in [1.29, 1.82) is 0 Å². The predicted molar refractivity (Wildman–Crippen MR) is 89.0 cm³/mol. The highest BCUT2D eigenvalue weighted by atomic mass is 35.5. The van der Waals surface area contributed by atoms with E-state index in [0.717, 1.165) is 11.3 Å². The molecular weight excluding hydrogens is 318 g/mol. The summed E-state index contributed by atoms with van der Waals surface area (Å²) in [7, 11) is 1.60. The molecule has 0 radical (unpaired) electrons. The molecule has 2 N–H and O–H groups in total. The van der Waals surface area contributed by atoms with Gasteiger partial charge >= 0.3 is 0 Å². The number of amides is 1. The summed E-state index contributed by atoms with van der Waals surface area (Å²) in [5.41, 5.74) is 1.41. The van der Waals surface area contributed by atoms with Crippen molar-refractivity contribution in [3.05, 3.63) is 53.1 Å². The molecule has 0 saturated heterocycles. The van der Waals surface area contributed by atoms with Crippen molar-refractivity contribution in [3.63, 3.8) is 0 Å². The number of nitrogens with one attached hydrogen (secondary N) is 1. The van der Waals surface area contributed by atoms with Crippen molar-refractivity contribution in [2.45, 2.75) is 19.6 Å². The van der Waals surface area contributed by atoms with Gasteiger partial charge in [-0.05, 0) is 42.8 Å². The van der Waals surface area contributed by atoms with Crippen molar-refractivity contribution in [1.82, 2.24) is 0 Å². The first kappa shape index (κ1) is 17.1. The summed E-state index contributed by atoms with van der Waals surface area (Å²) < 4.78 is 10.7. The molecule has 0 fully saturated rings. The molecule has 2 rings (SSSR count). The summed E-state index contributed by atoms with van der Waals surface area (Å²) in [6.07, 6.45) is -0.645. The van der Waals surface area contributed by atoms with E-state index < -0.39 is 6.10 Å². The maximum Gasteiger partial charge on any atom is 0.253 e. The highest BCUT2D eigenvalue weighted by molar-refractivity contribution is 6.32. The SMILES string of the molecule is COc1cccc(CO[C@H](C)C(=O)Nc2ccc(O)c(Cl)c2)c1. The third kappa shape index (κ3) is 4.87. The van der Waals surface area contributed by atoms with E-state index in [0.29, 0.717) is 12.3 Å². The predicted octanol–water partition coefficient (Wildman–Crippen LogP) is 3.60. The molecule has 1 atom stereocenters. The molecule has 122 valence electrons. The highest BCUT2D eigenvalue weighted by Crippen LogP contribution is 2.26. The lowest BCUT2D eigenvalue weighted by molar-refractivity contribution is -0.127. The van der Waals surface area contributed by atoms with Crippen molar-refractivity contribution < 1.29 is 19.4 Å². The monoisotopic (exact) mass is 335 g/mol. The molecule has 0 aromatic heterocycles. The first-order chi connectivity index (χ1) is 11.0. The van der Waals surface area contributed by atoms with Gasteiger partial charge in [0.25, 0.3) is 5.91 Å². The Morgan fingerprint density at radius 2 is 2.09 bits per heavy atom. The van der Waals surface area contributed by atoms with E-state index in [2.05, 4.69) is 5.32 Å². The maximum atomic E-state index is 12.1. The minimum Gasteiger partial charge on any atom is -0.506 e. The fourth-order valence-corrected chi connectivity index (χ4v) is 2.07. The number of anilines is 1. The van der Waals surface area contributed by atoms with Gasteiger partial charge in [0.15, 0.2) is 0 Å². The van der Waals surface area contributed by atoms with Crippen LogP contribution in [0.1, 0.15) is 12.5 Å². The largest absolute Gasteiger partial charge is 0.506 e. The van der Waals surface area contributed by atoms with Gasteiger partial charge in [0, 0.05) is 5.69 Å². The number of ether oxygens (including phenoxy) is 2. The van der Waals surface area contributed by atoms with Gasteiger partial charge in [0.1, 0.15) is 17.6 Å². The van der Waals surface area contributed by atoms with Crippen LogP contribution in [0.5, 0.6) is 11.5 Å². The number of hydrogen-bond acceptors (Lipinski definition) is 4. The van der Waals surface area contributed by atoms with E-state index in [1.807, 2.05) is 24.3 Å². The minimum atomic E-state index is -0.645. The molecule has 6 heteroatoms.